The molecule has 0 atom stereocenters. The second-order valence-corrected chi connectivity index (χ2v) is 33.9. The molecule has 0 N–H and O–H groups in total. The standard InChI is InChI=1S/2C43H32N2.C41H32N2/c1-44(43-41-17-9-7-15-35(41)29-36-16-8-10-18-42(36)43)37-25-27-39(28-26-37)45(40-24-21-32-13-5-6-14-34(32)30-40)38-22-19-33(20-23-38)31-11-3-2-4-12-31;1-44(42-21-18-37-27-34-12-7-8-13-35(34)28-38(37)30-42)39-23-25-41(26-24-39)45(43-22-17-32-11-5-6-14-36(32)29-43)40-19-15-33(16-20-40)31-9-3-2-4-10-31;1-42(40-18-10-17-36(29-40)32-13-6-3-7-14-32)37-25-27-39(28-26-37)43(41-24-21-33-15-8-9-16-35(33)30-41)38-22-19-34(20-23-38)31-11-4-2-5-12-31/h2*2-30H,1H3;2-30H,1H3. The molecule has 133 heavy (non-hydrogen) atoms. The highest BCUT2D eigenvalue weighted by Crippen LogP contribution is 2.46. The number of fused-ring (bicyclic) bond motifs is 7. The minimum atomic E-state index is 1.11. The van der Waals surface area contributed by atoms with Gasteiger partial charge < -0.3 is 29.4 Å². The van der Waals surface area contributed by atoms with Crippen molar-refractivity contribution in [2.45, 2.75) is 0 Å². The van der Waals surface area contributed by atoms with Gasteiger partial charge in [-0.3, -0.25) is 0 Å². The van der Waals surface area contributed by atoms with Crippen LogP contribution in [0.15, 0.2) is 528 Å². The van der Waals surface area contributed by atoms with Gasteiger partial charge in [0.15, 0.2) is 0 Å². The minimum Gasteiger partial charge on any atom is -0.345 e. The summed E-state index contributed by atoms with van der Waals surface area (Å²) >= 11 is 0. The molecule has 0 amide bonds. The topological polar surface area (TPSA) is 19.4 Å². The first-order valence-corrected chi connectivity index (χ1v) is 45.5. The molecule has 0 fully saturated rings. The van der Waals surface area contributed by atoms with Crippen LogP contribution < -0.4 is 29.4 Å². The Morgan fingerprint density at radius 2 is 0.323 bits per heavy atom. The van der Waals surface area contributed by atoms with Gasteiger partial charge in [-0.2, -0.15) is 0 Å². The predicted molar refractivity (Wildman–Crippen MR) is 571 cm³/mol. The zero-order chi connectivity index (χ0) is 89.3. The van der Waals surface area contributed by atoms with E-state index in [1.54, 1.807) is 0 Å². The molecular weight excluding hydrogens is 1610 g/mol. The Balaban J connectivity index is 0.000000120. The molecule has 0 heterocycles. The van der Waals surface area contributed by atoms with E-state index in [0.717, 1.165) is 79.6 Å². The van der Waals surface area contributed by atoms with Crippen LogP contribution in [0, 0.1) is 0 Å². The summed E-state index contributed by atoms with van der Waals surface area (Å²) < 4.78 is 0. The monoisotopic (exact) mass is 1700 g/mol. The van der Waals surface area contributed by atoms with Gasteiger partial charge in [0.1, 0.15) is 0 Å². The van der Waals surface area contributed by atoms with Gasteiger partial charge in [0, 0.05) is 112 Å². The molecule has 0 saturated carbocycles. The van der Waals surface area contributed by atoms with Crippen molar-refractivity contribution in [2.24, 2.45) is 0 Å². The van der Waals surface area contributed by atoms with Gasteiger partial charge in [-0.1, -0.05) is 340 Å². The first-order chi connectivity index (χ1) is 65.6. The van der Waals surface area contributed by atoms with E-state index in [2.05, 4.69) is 578 Å². The van der Waals surface area contributed by atoms with Crippen LogP contribution in [0.25, 0.3) is 120 Å². The second kappa shape index (κ2) is 37.5. The van der Waals surface area contributed by atoms with E-state index >= 15 is 0 Å². The molecule has 0 aliphatic heterocycles. The van der Waals surface area contributed by atoms with Crippen LogP contribution >= 0.6 is 0 Å². The van der Waals surface area contributed by atoms with Gasteiger partial charge in [-0.05, 0) is 297 Å². The predicted octanol–water partition coefficient (Wildman–Crippen LogP) is 35.5. The summed E-state index contributed by atoms with van der Waals surface area (Å²) in [5.41, 5.74) is 26.7. The number of hydrogen-bond acceptors (Lipinski definition) is 6. The Kier molecular flexibility index (Phi) is 23.3. The zero-order valence-electron chi connectivity index (χ0n) is 74.4. The molecular formula is C127H96N6. The highest BCUT2D eigenvalue weighted by molar-refractivity contribution is 6.13. The molecule has 0 aromatic heterocycles. The third-order valence-corrected chi connectivity index (χ3v) is 25.7. The van der Waals surface area contributed by atoms with Crippen molar-refractivity contribution in [3.05, 3.63) is 528 Å². The fourth-order valence-electron chi connectivity index (χ4n) is 18.5. The third-order valence-electron chi connectivity index (χ3n) is 25.7. The lowest BCUT2D eigenvalue weighted by molar-refractivity contribution is 1.20. The van der Waals surface area contributed by atoms with Crippen LogP contribution in [0.2, 0.25) is 0 Å². The number of nitrogens with zero attached hydrogens (tertiary/aromatic N) is 6. The summed E-state index contributed by atoms with van der Waals surface area (Å²) in [5, 5.41) is 17.4. The Labute approximate surface area is 778 Å². The Bertz CT molecular complexity index is 7960. The van der Waals surface area contributed by atoms with Crippen molar-refractivity contribution in [1.29, 1.82) is 0 Å². The first-order valence-electron chi connectivity index (χ1n) is 45.5. The summed E-state index contributed by atoms with van der Waals surface area (Å²) in [6, 6.07) is 189. The fourth-order valence-corrected chi connectivity index (χ4v) is 18.5. The molecule has 634 valence electrons. The Hall–Kier alpha value is -17.3. The Morgan fingerprint density at radius 3 is 0.677 bits per heavy atom. The number of anilines is 15. The van der Waals surface area contributed by atoms with E-state index in [9.17, 15) is 0 Å². The summed E-state index contributed by atoms with van der Waals surface area (Å²) in [6.07, 6.45) is 0. The highest BCUT2D eigenvalue weighted by Gasteiger charge is 2.22. The van der Waals surface area contributed by atoms with E-state index in [-0.39, 0.29) is 0 Å². The summed E-state index contributed by atoms with van der Waals surface area (Å²) in [7, 11) is 6.44. The molecule has 0 aliphatic carbocycles. The van der Waals surface area contributed by atoms with Crippen LogP contribution in [-0.2, 0) is 0 Å². The maximum absolute atomic E-state index is 2.35. The Morgan fingerprint density at radius 1 is 0.113 bits per heavy atom. The van der Waals surface area contributed by atoms with E-state index in [4.69, 9.17) is 0 Å². The van der Waals surface area contributed by atoms with Crippen molar-refractivity contribution >= 4 is 161 Å². The molecule has 0 aliphatic rings. The average Bonchev–Trinajstić information content (AvgIpc) is 0.757. The molecule has 0 spiro atoms. The smallest absolute Gasteiger partial charge is 0.0567 e. The maximum atomic E-state index is 2.35. The van der Waals surface area contributed by atoms with Crippen LogP contribution in [0.3, 0.4) is 0 Å². The highest BCUT2D eigenvalue weighted by atomic mass is 15.2. The van der Waals surface area contributed by atoms with Crippen molar-refractivity contribution < 1.29 is 0 Å². The number of rotatable bonds is 19. The second-order valence-electron chi connectivity index (χ2n) is 33.9. The lowest BCUT2D eigenvalue weighted by Crippen LogP contribution is -2.12. The zero-order valence-corrected chi connectivity index (χ0v) is 74.4. The van der Waals surface area contributed by atoms with Gasteiger partial charge in [0.05, 0.1) is 5.69 Å². The van der Waals surface area contributed by atoms with E-state index in [0.29, 0.717) is 0 Å². The molecule has 0 bridgehead atoms. The lowest BCUT2D eigenvalue weighted by atomic mass is 10.00. The molecule has 23 aromatic rings. The number of benzene rings is 23. The largest absolute Gasteiger partial charge is 0.345 e. The van der Waals surface area contributed by atoms with Gasteiger partial charge >= 0.3 is 0 Å². The summed E-state index contributed by atoms with van der Waals surface area (Å²) in [5.74, 6) is 0. The van der Waals surface area contributed by atoms with E-state index in [1.165, 1.54) is 126 Å². The quantitative estimate of drug-likeness (QED) is 0.0746. The lowest BCUT2D eigenvalue weighted by Gasteiger charge is -2.28. The van der Waals surface area contributed by atoms with Gasteiger partial charge in [0.25, 0.3) is 0 Å². The molecule has 0 unspecified atom stereocenters. The van der Waals surface area contributed by atoms with Crippen LogP contribution in [0.4, 0.5) is 85.3 Å². The normalized spacial score (nSPS) is 11.1. The summed E-state index contributed by atoms with van der Waals surface area (Å²) in [4.78, 5) is 13.8. The van der Waals surface area contributed by atoms with Gasteiger partial charge in [-0.15, -0.1) is 0 Å². The molecule has 23 aromatic carbocycles. The molecule has 0 radical (unpaired) electrons. The first kappa shape index (κ1) is 82.6. The van der Waals surface area contributed by atoms with E-state index in [1.807, 2.05) is 0 Å². The maximum Gasteiger partial charge on any atom is 0.0567 e. The van der Waals surface area contributed by atoms with Crippen LogP contribution in [-0.4, -0.2) is 21.1 Å². The SMILES string of the molecule is CN(c1ccc(N(c2ccc(-c3ccccc3)cc2)c2ccc3ccccc3c2)cc1)c1c2ccccc2cc2ccccc12.CN(c1ccc(N(c2ccc(-c3ccccc3)cc2)c2ccc3ccccc3c2)cc1)c1ccc2cc3ccccc3cc2c1.CN(c1ccc(N(c2ccc(-c3ccccc3)cc2)c2ccc3ccccc3c2)cc1)c1cccc(-c2ccccc2)c1. The molecule has 6 nitrogen and oxygen atoms in total. The average molecular weight is 1710 g/mol. The fraction of sp³-hybridized carbons (Fsp3) is 0.0236. The molecule has 0 saturated heterocycles. The van der Waals surface area contributed by atoms with Crippen molar-refractivity contribution in [3.63, 3.8) is 0 Å². The third kappa shape index (κ3) is 17.7. The van der Waals surface area contributed by atoms with E-state index < -0.39 is 0 Å². The van der Waals surface area contributed by atoms with Crippen LogP contribution in [0.1, 0.15) is 0 Å². The minimum absolute atomic E-state index is 1.11. The molecule has 23 rings (SSSR count). The van der Waals surface area contributed by atoms with Crippen LogP contribution in [0.5, 0.6) is 0 Å². The van der Waals surface area contributed by atoms with Crippen molar-refractivity contribution in [3.8, 4) is 44.5 Å². The number of hydrogen-bond donors (Lipinski definition) is 0. The summed E-state index contributed by atoms with van der Waals surface area (Å²) in [6.45, 7) is 0. The van der Waals surface area contributed by atoms with Crippen molar-refractivity contribution in [1.82, 2.24) is 0 Å². The molecule has 6 heteroatoms. The van der Waals surface area contributed by atoms with Crippen molar-refractivity contribution in [2.75, 3.05) is 50.5 Å². The van der Waals surface area contributed by atoms with Gasteiger partial charge in [0.2, 0.25) is 0 Å². The van der Waals surface area contributed by atoms with Gasteiger partial charge in [-0.25, -0.2) is 0 Å².